The van der Waals surface area contributed by atoms with Gasteiger partial charge >= 0.3 is 0 Å². The molecule has 0 radical (unpaired) electrons. The van der Waals surface area contributed by atoms with Crippen molar-refractivity contribution in [2.24, 2.45) is 11.8 Å². The Bertz CT molecular complexity index is 195. The molecule has 2 unspecified atom stereocenters. The third kappa shape index (κ3) is 4.06. The van der Waals surface area contributed by atoms with Crippen molar-refractivity contribution >= 4 is 0 Å². The highest BCUT2D eigenvalue weighted by molar-refractivity contribution is 4.85. The second-order valence-corrected chi connectivity index (χ2v) is 6.12. The van der Waals surface area contributed by atoms with E-state index in [1.54, 1.807) is 0 Å². The molecular formula is C14H28N2. The molecule has 2 atom stereocenters. The molecule has 0 saturated heterocycles. The first-order valence-corrected chi connectivity index (χ1v) is 7.10. The molecule has 2 aliphatic rings. The van der Waals surface area contributed by atoms with Crippen LogP contribution in [-0.4, -0.2) is 37.1 Å². The van der Waals surface area contributed by atoms with E-state index in [4.69, 9.17) is 0 Å². The first kappa shape index (κ1) is 12.4. The van der Waals surface area contributed by atoms with Crippen molar-refractivity contribution in [1.82, 2.24) is 10.2 Å². The summed E-state index contributed by atoms with van der Waals surface area (Å²) in [5.74, 6) is 2.07. The van der Waals surface area contributed by atoms with Crippen LogP contribution in [0.3, 0.4) is 0 Å². The van der Waals surface area contributed by atoms with Gasteiger partial charge in [0.25, 0.3) is 0 Å². The Morgan fingerprint density at radius 2 is 1.56 bits per heavy atom. The number of rotatable bonds is 8. The highest BCUT2D eigenvalue weighted by atomic mass is 15.2. The van der Waals surface area contributed by atoms with Crippen molar-refractivity contribution in [3.05, 3.63) is 0 Å². The molecule has 0 aromatic carbocycles. The molecule has 2 aliphatic carbocycles. The molecular weight excluding hydrogens is 196 g/mol. The van der Waals surface area contributed by atoms with Crippen LogP contribution in [0.15, 0.2) is 0 Å². The van der Waals surface area contributed by atoms with Crippen LogP contribution in [0.25, 0.3) is 0 Å². The highest BCUT2D eigenvalue weighted by Gasteiger charge is 2.31. The van der Waals surface area contributed by atoms with Crippen molar-refractivity contribution in [1.29, 1.82) is 0 Å². The SMILES string of the molecule is CNC(C)CC(C)N(CC1CC1)CC1CC1. The average Bonchev–Trinajstić information content (AvgIpc) is 3.10. The van der Waals surface area contributed by atoms with Gasteiger partial charge in [0.1, 0.15) is 0 Å². The normalized spacial score (nSPS) is 24.8. The molecule has 16 heavy (non-hydrogen) atoms. The van der Waals surface area contributed by atoms with Gasteiger partial charge in [0.05, 0.1) is 0 Å². The quantitative estimate of drug-likeness (QED) is 0.681. The lowest BCUT2D eigenvalue weighted by atomic mass is 10.1. The van der Waals surface area contributed by atoms with Crippen molar-refractivity contribution in [3.8, 4) is 0 Å². The summed E-state index contributed by atoms with van der Waals surface area (Å²) < 4.78 is 0. The molecule has 2 nitrogen and oxygen atoms in total. The Morgan fingerprint density at radius 1 is 1.06 bits per heavy atom. The van der Waals surface area contributed by atoms with Crippen LogP contribution in [-0.2, 0) is 0 Å². The van der Waals surface area contributed by atoms with Gasteiger partial charge in [0, 0.05) is 25.2 Å². The monoisotopic (exact) mass is 224 g/mol. The van der Waals surface area contributed by atoms with Crippen LogP contribution in [0.2, 0.25) is 0 Å². The van der Waals surface area contributed by atoms with Gasteiger partial charge in [-0.3, -0.25) is 0 Å². The molecule has 2 fully saturated rings. The fourth-order valence-corrected chi connectivity index (χ4v) is 2.48. The average molecular weight is 224 g/mol. The fraction of sp³-hybridized carbons (Fsp3) is 1.00. The summed E-state index contributed by atoms with van der Waals surface area (Å²) in [6.45, 7) is 7.45. The van der Waals surface area contributed by atoms with Gasteiger partial charge in [-0.2, -0.15) is 0 Å². The predicted molar refractivity (Wildman–Crippen MR) is 69.6 cm³/mol. The Kier molecular flexibility index (Phi) is 4.26. The minimum Gasteiger partial charge on any atom is -0.317 e. The van der Waals surface area contributed by atoms with E-state index in [1.807, 2.05) is 0 Å². The van der Waals surface area contributed by atoms with Crippen LogP contribution in [0, 0.1) is 11.8 Å². The Balaban J connectivity index is 1.77. The van der Waals surface area contributed by atoms with E-state index in [0.717, 1.165) is 17.9 Å². The Hall–Kier alpha value is -0.0800. The van der Waals surface area contributed by atoms with E-state index in [9.17, 15) is 0 Å². The predicted octanol–water partition coefficient (Wildman–Crippen LogP) is 2.49. The maximum Gasteiger partial charge on any atom is 0.00818 e. The van der Waals surface area contributed by atoms with Crippen molar-refractivity contribution in [2.75, 3.05) is 20.1 Å². The molecule has 0 bridgehead atoms. The van der Waals surface area contributed by atoms with Crippen LogP contribution < -0.4 is 5.32 Å². The smallest absolute Gasteiger partial charge is 0.00818 e. The molecule has 0 amide bonds. The summed E-state index contributed by atoms with van der Waals surface area (Å²) in [5, 5.41) is 3.36. The number of nitrogens with one attached hydrogen (secondary N) is 1. The molecule has 0 heterocycles. The van der Waals surface area contributed by atoms with Gasteiger partial charge in [-0.05, 0) is 64.8 Å². The van der Waals surface area contributed by atoms with Gasteiger partial charge in [-0.15, -0.1) is 0 Å². The molecule has 2 rings (SSSR count). The lowest BCUT2D eigenvalue weighted by Gasteiger charge is -2.31. The van der Waals surface area contributed by atoms with Crippen molar-refractivity contribution < 1.29 is 0 Å². The zero-order chi connectivity index (χ0) is 11.5. The second kappa shape index (κ2) is 5.50. The van der Waals surface area contributed by atoms with Gasteiger partial charge in [-0.1, -0.05) is 0 Å². The molecule has 0 aliphatic heterocycles. The fourth-order valence-electron chi connectivity index (χ4n) is 2.48. The standard InChI is InChI=1S/C14H28N2/c1-11(15-3)8-12(2)16(9-13-4-5-13)10-14-6-7-14/h11-15H,4-10H2,1-3H3. The van der Waals surface area contributed by atoms with Crippen LogP contribution in [0.5, 0.6) is 0 Å². The molecule has 1 N–H and O–H groups in total. The Labute approximate surface area is 101 Å². The van der Waals surface area contributed by atoms with Gasteiger partial charge < -0.3 is 10.2 Å². The van der Waals surface area contributed by atoms with Gasteiger partial charge in [0.2, 0.25) is 0 Å². The zero-order valence-corrected chi connectivity index (χ0v) is 11.2. The van der Waals surface area contributed by atoms with Gasteiger partial charge in [-0.25, -0.2) is 0 Å². The van der Waals surface area contributed by atoms with Crippen molar-refractivity contribution in [2.45, 2.75) is 58.0 Å². The molecule has 94 valence electrons. The number of nitrogens with zero attached hydrogens (tertiary/aromatic N) is 1. The summed E-state index contributed by atoms with van der Waals surface area (Å²) in [7, 11) is 2.07. The summed E-state index contributed by atoms with van der Waals surface area (Å²) in [6.07, 6.45) is 7.21. The summed E-state index contributed by atoms with van der Waals surface area (Å²) in [5.41, 5.74) is 0. The minimum absolute atomic E-state index is 0.649. The molecule has 0 aromatic rings. The number of hydrogen-bond donors (Lipinski definition) is 1. The lowest BCUT2D eigenvalue weighted by Crippen LogP contribution is -2.40. The van der Waals surface area contributed by atoms with E-state index >= 15 is 0 Å². The maximum atomic E-state index is 3.36. The van der Waals surface area contributed by atoms with E-state index in [-0.39, 0.29) is 0 Å². The molecule has 0 spiro atoms. The molecule has 0 aromatic heterocycles. The van der Waals surface area contributed by atoms with E-state index < -0.39 is 0 Å². The van der Waals surface area contributed by atoms with Crippen LogP contribution in [0.1, 0.15) is 46.0 Å². The third-order valence-corrected chi connectivity index (χ3v) is 4.19. The molecule has 2 heteroatoms. The Morgan fingerprint density at radius 3 is 1.94 bits per heavy atom. The zero-order valence-electron chi connectivity index (χ0n) is 11.2. The largest absolute Gasteiger partial charge is 0.317 e. The van der Waals surface area contributed by atoms with E-state index in [2.05, 4.69) is 31.1 Å². The topological polar surface area (TPSA) is 15.3 Å². The van der Waals surface area contributed by atoms with E-state index in [0.29, 0.717) is 6.04 Å². The second-order valence-electron chi connectivity index (χ2n) is 6.12. The minimum atomic E-state index is 0.649. The summed E-state index contributed by atoms with van der Waals surface area (Å²) >= 11 is 0. The summed E-state index contributed by atoms with van der Waals surface area (Å²) in [4.78, 5) is 2.77. The highest BCUT2D eigenvalue weighted by Crippen LogP contribution is 2.34. The summed E-state index contributed by atoms with van der Waals surface area (Å²) in [6, 6.07) is 1.40. The van der Waals surface area contributed by atoms with Gasteiger partial charge in [0.15, 0.2) is 0 Å². The van der Waals surface area contributed by atoms with Crippen LogP contribution >= 0.6 is 0 Å². The van der Waals surface area contributed by atoms with E-state index in [1.165, 1.54) is 45.2 Å². The maximum absolute atomic E-state index is 3.36. The number of hydrogen-bond acceptors (Lipinski definition) is 2. The molecule has 2 saturated carbocycles. The third-order valence-electron chi connectivity index (χ3n) is 4.19. The van der Waals surface area contributed by atoms with Crippen molar-refractivity contribution in [3.63, 3.8) is 0 Å². The lowest BCUT2D eigenvalue weighted by molar-refractivity contribution is 0.174. The first-order valence-electron chi connectivity index (χ1n) is 7.10. The van der Waals surface area contributed by atoms with Crippen LogP contribution in [0.4, 0.5) is 0 Å². The first-order chi connectivity index (χ1) is 7.69.